The highest BCUT2D eigenvalue weighted by Crippen LogP contribution is 2.29. The van der Waals surface area contributed by atoms with Crippen molar-refractivity contribution in [3.05, 3.63) is 58.4 Å². The zero-order valence-electron chi connectivity index (χ0n) is 15.7. The molecule has 28 heavy (non-hydrogen) atoms. The molecule has 146 valence electrons. The Kier molecular flexibility index (Phi) is 7.36. The van der Waals surface area contributed by atoms with Crippen LogP contribution in [-0.2, 0) is 4.79 Å². The van der Waals surface area contributed by atoms with Gasteiger partial charge in [0.2, 0.25) is 5.91 Å². The molecule has 0 aliphatic rings. The van der Waals surface area contributed by atoms with Crippen molar-refractivity contribution in [3.8, 4) is 17.0 Å². The van der Waals surface area contributed by atoms with E-state index in [1.807, 2.05) is 54.8 Å². The van der Waals surface area contributed by atoms with Gasteiger partial charge in [-0.15, -0.1) is 23.1 Å². The molecule has 2 aromatic carbocycles. The number of ether oxygens (including phenoxy) is 1. The average molecular weight is 433 g/mol. The summed E-state index contributed by atoms with van der Waals surface area (Å²) >= 11 is 9.04. The first-order chi connectivity index (χ1) is 13.5. The lowest BCUT2D eigenvalue weighted by molar-refractivity contribution is -0.116. The molecule has 3 aromatic rings. The van der Waals surface area contributed by atoms with E-state index in [1.165, 1.54) is 11.3 Å². The number of halogens is 1. The van der Waals surface area contributed by atoms with Crippen molar-refractivity contribution < 1.29 is 9.53 Å². The third kappa shape index (κ3) is 5.74. The first kappa shape index (κ1) is 20.7. The standard InChI is InChI=1S/C21H21ClN2O2S2/c1-14-12-15(5-10-19(14)26-2)18-13-28-21(23-18)24-20(25)4-3-11-27-17-8-6-16(22)7-9-17/h5-10,12-13H,3-4,11H2,1-2H3,(H,23,24,25). The predicted molar refractivity (Wildman–Crippen MR) is 119 cm³/mol. The van der Waals surface area contributed by atoms with Crippen LogP contribution in [-0.4, -0.2) is 23.8 Å². The highest BCUT2D eigenvalue weighted by molar-refractivity contribution is 7.99. The summed E-state index contributed by atoms with van der Waals surface area (Å²) in [4.78, 5) is 17.8. The molecule has 0 bridgehead atoms. The van der Waals surface area contributed by atoms with Crippen molar-refractivity contribution in [2.75, 3.05) is 18.2 Å². The van der Waals surface area contributed by atoms with Crippen molar-refractivity contribution in [2.24, 2.45) is 0 Å². The maximum Gasteiger partial charge on any atom is 0.226 e. The molecule has 0 radical (unpaired) electrons. The van der Waals surface area contributed by atoms with Gasteiger partial charge in [-0.3, -0.25) is 4.79 Å². The highest BCUT2D eigenvalue weighted by Gasteiger charge is 2.09. The Hall–Kier alpha value is -2.02. The number of hydrogen-bond donors (Lipinski definition) is 1. The van der Waals surface area contributed by atoms with Crippen LogP contribution in [0.25, 0.3) is 11.3 Å². The summed E-state index contributed by atoms with van der Waals surface area (Å²) < 4.78 is 5.29. The summed E-state index contributed by atoms with van der Waals surface area (Å²) in [6, 6.07) is 13.7. The number of thioether (sulfide) groups is 1. The van der Waals surface area contributed by atoms with Crippen LogP contribution in [0.2, 0.25) is 5.02 Å². The fraction of sp³-hybridized carbons (Fsp3) is 0.238. The Morgan fingerprint density at radius 2 is 2.04 bits per heavy atom. The fourth-order valence-electron chi connectivity index (χ4n) is 2.64. The Labute approximate surface area is 178 Å². The summed E-state index contributed by atoms with van der Waals surface area (Å²) in [5.41, 5.74) is 2.91. The Balaban J connectivity index is 1.47. The first-order valence-electron chi connectivity index (χ1n) is 8.84. The summed E-state index contributed by atoms with van der Waals surface area (Å²) in [6.07, 6.45) is 1.27. The first-order valence-corrected chi connectivity index (χ1v) is 11.1. The van der Waals surface area contributed by atoms with Crippen LogP contribution in [0.4, 0.5) is 5.13 Å². The molecule has 1 N–H and O–H groups in total. The highest BCUT2D eigenvalue weighted by atomic mass is 35.5. The van der Waals surface area contributed by atoms with E-state index in [1.54, 1.807) is 18.9 Å². The van der Waals surface area contributed by atoms with Gasteiger partial charge in [0.05, 0.1) is 12.8 Å². The van der Waals surface area contributed by atoms with Gasteiger partial charge in [0.1, 0.15) is 5.75 Å². The quantitative estimate of drug-likeness (QED) is 0.335. The van der Waals surface area contributed by atoms with Crippen LogP contribution in [0, 0.1) is 6.92 Å². The lowest BCUT2D eigenvalue weighted by Crippen LogP contribution is -2.11. The number of anilines is 1. The molecule has 1 aromatic heterocycles. The molecule has 3 rings (SSSR count). The van der Waals surface area contributed by atoms with Gasteiger partial charge in [-0.25, -0.2) is 4.98 Å². The topological polar surface area (TPSA) is 51.2 Å². The van der Waals surface area contributed by atoms with Crippen LogP contribution in [0.3, 0.4) is 0 Å². The number of rotatable bonds is 8. The molecule has 1 amide bonds. The molecule has 0 atom stereocenters. The Morgan fingerprint density at radius 1 is 1.25 bits per heavy atom. The van der Waals surface area contributed by atoms with Crippen molar-refractivity contribution >= 4 is 45.7 Å². The zero-order valence-corrected chi connectivity index (χ0v) is 18.1. The summed E-state index contributed by atoms with van der Waals surface area (Å²) in [6.45, 7) is 2.00. The number of methoxy groups -OCH3 is 1. The van der Waals surface area contributed by atoms with Gasteiger partial charge in [0, 0.05) is 27.3 Å². The molecule has 0 saturated heterocycles. The number of carbonyl (C=O) groups excluding carboxylic acids is 1. The minimum absolute atomic E-state index is 0.0106. The molecule has 0 aliphatic carbocycles. The number of carbonyl (C=O) groups is 1. The summed E-state index contributed by atoms with van der Waals surface area (Å²) in [7, 11) is 1.66. The Bertz CT molecular complexity index is 942. The molecule has 7 heteroatoms. The number of nitrogens with one attached hydrogen (secondary N) is 1. The van der Waals surface area contributed by atoms with Gasteiger partial charge in [-0.1, -0.05) is 11.6 Å². The second-order valence-electron chi connectivity index (χ2n) is 6.18. The van der Waals surface area contributed by atoms with E-state index in [0.717, 1.165) is 44.7 Å². The van der Waals surface area contributed by atoms with Crippen LogP contribution in [0.1, 0.15) is 18.4 Å². The molecule has 0 aliphatic heterocycles. The van der Waals surface area contributed by atoms with Gasteiger partial charge < -0.3 is 10.1 Å². The molecular formula is C21H21ClN2O2S2. The van der Waals surface area contributed by atoms with Gasteiger partial charge >= 0.3 is 0 Å². The van der Waals surface area contributed by atoms with Crippen molar-refractivity contribution in [1.29, 1.82) is 0 Å². The van der Waals surface area contributed by atoms with Crippen molar-refractivity contribution in [3.63, 3.8) is 0 Å². The normalized spacial score (nSPS) is 10.7. The number of nitrogens with zero attached hydrogens (tertiary/aromatic N) is 1. The van der Waals surface area contributed by atoms with Gasteiger partial charge in [-0.2, -0.15) is 0 Å². The molecule has 1 heterocycles. The Morgan fingerprint density at radius 3 is 2.75 bits per heavy atom. The number of benzene rings is 2. The van der Waals surface area contributed by atoms with Gasteiger partial charge in [0.15, 0.2) is 5.13 Å². The van der Waals surface area contributed by atoms with E-state index >= 15 is 0 Å². The molecule has 0 unspecified atom stereocenters. The number of aryl methyl sites for hydroxylation is 1. The van der Waals surface area contributed by atoms with E-state index in [2.05, 4.69) is 10.3 Å². The molecule has 0 fully saturated rings. The predicted octanol–water partition coefficient (Wildman–Crippen LogP) is 6.29. The van der Waals surface area contributed by atoms with Gasteiger partial charge in [0.25, 0.3) is 0 Å². The van der Waals surface area contributed by atoms with E-state index in [9.17, 15) is 4.79 Å². The minimum atomic E-state index is -0.0106. The second kappa shape index (κ2) is 9.96. The second-order valence-corrected chi connectivity index (χ2v) is 8.64. The monoisotopic (exact) mass is 432 g/mol. The maximum absolute atomic E-state index is 12.2. The minimum Gasteiger partial charge on any atom is -0.496 e. The van der Waals surface area contributed by atoms with Gasteiger partial charge in [-0.05, 0) is 67.1 Å². The lowest BCUT2D eigenvalue weighted by atomic mass is 10.1. The van der Waals surface area contributed by atoms with Crippen molar-refractivity contribution in [2.45, 2.75) is 24.7 Å². The van der Waals surface area contributed by atoms with Crippen LogP contribution < -0.4 is 10.1 Å². The summed E-state index contributed by atoms with van der Waals surface area (Å²) in [5.74, 6) is 1.72. The van der Waals surface area contributed by atoms with E-state index in [-0.39, 0.29) is 5.91 Å². The van der Waals surface area contributed by atoms with Crippen molar-refractivity contribution in [1.82, 2.24) is 4.98 Å². The molecular weight excluding hydrogens is 412 g/mol. The maximum atomic E-state index is 12.2. The zero-order chi connectivity index (χ0) is 19.9. The number of aromatic nitrogens is 1. The molecule has 4 nitrogen and oxygen atoms in total. The summed E-state index contributed by atoms with van der Waals surface area (Å²) in [5, 5.41) is 6.20. The number of hydrogen-bond acceptors (Lipinski definition) is 5. The third-order valence-corrected chi connectivity index (χ3v) is 6.18. The lowest BCUT2D eigenvalue weighted by Gasteiger charge is -2.05. The largest absolute Gasteiger partial charge is 0.496 e. The SMILES string of the molecule is COc1ccc(-c2csc(NC(=O)CCCSc3ccc(Cl)cc3)n2)cc1C. The van der Waals surface area contributed by atoms with E-state index in [4.69, 9.17) is 16.3 Å². The average Bonchev–Trinajstić information content (AvgIpc) is 3.15. The van der Waals surface area contributed by atoms with Crippen LogP contribution >= 0.6 is 34.7 Å². The number of thiazole rings is 1. The van der Waals surface area contributed by atoms with E-state index < -0.39 is 0 Å². The fourth-order valence-corrected chi connectivity index (χ4v) is 4.35. The smallest absolute Gasteiger partial charge is 0.226 e. The molecule has 0 spiro atoms. The van der Waals surface area contributed by atoms with E-state index in [0.29, 0.717) is 11.6 Å². The third-order valence-electron chi connectivity index (χ3n) is 4.07. The number of amides is 1. The van der Waals surface area contributed by atoms with Crippen LogP contribution in [0.5, 0.6) is 5.75 Å². The molecule has 0 saturated carbocycles. The van der Waals surface area contributed by atoms with Crippen LogP contribution in [0.15, 0.2) is 52.7 Å².